The molecule has 2 N–H and O–H groups in total. The van der Waals surface area contributed by atoms with Crippen LogP contribution in [-0.2, 0) is 6.42 Å². The largest absolute Gasteiger partial charge is 0.330 e. The van der Waals surface area contributed by atoms with Gasteiger partial charge in [0.1, 0.15) is 5.82 Å². The highest BCUT2D eigenvalue weighted by Gasteiger charge is 2.22. The van der Waals surface area contributed by atoms with Crippen LogP contribution in [0.2, 0.25) is 5.02 Å². The van der Waals surface area contributed by atoms with Crippen LogP contribution in [0.3, 0.4) is 0 Å². The highest BCUT2D eigenvalue weighted by molar-refractivity contribution is 6.31. The lowest BCUT2D eigenvalue weighted by Crippen LogP contribution is -2.27. The molecule has 0 bridgehead atoms. The molecular formula is C12H15ClFN. The lowest BCUT2D eigenvalue weighted by molar-refractivity contribution is 0.428. The first kappa shape index (κ1) is 12.2. The summed E-state index contributed by atoms with van der Waals surface area (Å²) in [6, 6.07) is 4.68. The molecule has 1 atom stereocenters. The molecular weight excluding hydrogens is 213 g/mol. The summed E-state index contributed by atoms with van der Waals surface area (Å²) in [5.41, 5.74) is 5.82. The van der Waals surface area contributed by atoms with Crippen molar-refractivity contribution < 1.29 is 4.39 Å². The molecule has 0 aliphatic heterocycles. The first-order valence-electron chi connectivity index (χ1n) is 4.79. The van der Waals surface area contributed by atoms with Crippen molar-refractivity contribution in [2.75, 3.05) is 6.54 Å². The summed E-state index contributed by atoms with van der Waals surface area (Å²) in [6.45, 7) is 6.06. The van der Waals surface area contributed by atoms with Crippen molar-refractivity contribution in [1.82, 2.24) is 0 Å². The number of halogens is 2. The summed E-state index contributed by atoms with van der Waals surface area (Å²) in [7, 11) is 0. The van der Waals surface area contributed by atoms with E-state index in [0.717, 1.165) is 0 Å². The van der Waals surface area contributed by atoms with E-state index in [-0.39, 0.29) is 11.2 Å². The highest BCUT2D eigenvalue weighted by atomic mass is 35.5. The molecule has 0 aliphatic carbocycles. The molecule has 82 valence electrons. The number of rotatable bonds is 4. The zero-order chi connectivity index (χ0) is 11.5. The second-order valence-corrected chi connectivity index (χ2v) is 4.35. The quantitative estimate of drug-likeness (QED) is 0.786. The van der Waals surface area contributed by atoms with E-state index in [0.29, 0.717) is 23.6 Å². The van der Waals surface area contributed by atoms with Gasteiger partial charge in [-0.05, 0) is 18.6 Å². The monoisotopic (exact) mass is 227 g/mol. The molecule has 0 saturated carbocycles. The predicted octanol–water partition coefficient (Wildman–Crippen LogP) is 3.17. The molecule has 0 heterocycles. The van der Waals surface area contributed by atoms with Crippen molar-refractivity contribution in [2.45, 2.75) is 13.3 Å². The third-order valence-electron chi connectivity index (χ3n) is 2.60. The minimum atomic E-state index is -0.314. The van der Waals surface area contributed by atoms with Crippen molar-refractivity contribution in [3.8, 4) is 0 Å². The number of nitrogens with two attached hydrogens (primary N) is 1. The van der Waals surface area contributed by atoms with E-state index in [1.807, 2.05) is 6.92 Å². The van der Waals surface area contributed by atoms with Gasteiger partial charge in [0, 0.05) is 22.5 Å². The molecule has 1 rings (SSSR count). The second-order valence-electron chi connectivity index (χ2n) is 3.94. The van der Waals surface area contributed by atoms with E-state index in [1.54, 1.807) is 18.2 Å². The Balaban J connectivity index is 3.03. The fourth-order valence-electron chi connectivity index (χ4n) is 1.33. The van der Waals surface area contributed by atoms with Crippen LogP contribution in [0.4, 0.5) is 4.39 Å². The fraction of sp³-hybridized carbons (Fsp3) is 0.333. The predicted molar refractivity (Wildman–Crippen MR) is 62.5 cm³/mol. The topological polar surface area (TPSA) is 26.0 Å². The van der Waals surface area contributed by atoms with Crippen molar-refractivity contribution >= 4 is 11.6 Å². The van der Waals surface area contributed by atoms with Crippen molar-refractivity contribution in [2.24, 2.45) is 11.1 Å². The van der Waals surface area contributed by atoms with E-state index in [9.17, 15) is 4.39 Å². The molecule has 1 nitrogen and oxygen atoms in total. The van der Waals surface area contributed by atoms with Gasteiger partial charge in [-0.15, -0.1) is 6.58 Å². The maximum atomic E-state index is 13.5. The molecule has 15 heavy (non-hydrogen) atoms. The minimum Gasteiger partial charge on any atom is -0.330 e. The molecule has 0 amide bonds. The Morgan fingerprint density at radius 3 is 2.73 bits per heavy atom. The Morgan fingerprint density at radius 1 is 1.60 bits per heavy atom. The highest BCUT2D eigenvalue weighted by Crippen LogP contribution is 2.28. The molecule has 1 aromatic rings. The van der Waals surface area contributed by atoms with Crippen LogP contribution < -0.4 is 5.73 Å². The molecule has 1 unspecified atom stereocenters. The summed E-state index contributed by atoms with van der Waals surface area (Å²) in [5, 5.41) is 0.441. The third-order valence-corrected chi connectivity index (χ3v) is 2.96. The normalized spacial score (nSPS) is 14.7. The molecule has 0 fully saturated rings. The fourth-order valence-corrected chi connectivity index (χ4v) is 1.56. The molecule has 1 aromatic carbocycles. The van der Waals surface area contributed by atoms with E-state index in [1.165, 1.54) is 6.07 Å². The summed E-state index contributed by atoms with van der Waals surface area (Å²) in [4.78, 5) is 0. The van der Waals surface area contributed by atoms with Gasteiger partial charge >= 0.3 is 0 Å². The average Bonchev–Trinajstić information content (AvgIpc) is 2.23. The Hall–Kier alpha value is -0.860. The van der Waals surface area contributed by atoms with Gasteiger partial charge in [-0.2, -0.15) is 0 Å². The zero-order valence-corrected chi connectivity index (χ0v) is 9.52. The van der Waals surface area contributed by atoms with E-state index in [4.69, 9.17) is 17.3 Å². The van der Waals surface area contributed by atoms with Crippen molar-refractivity contribution in [3.05, 3.63) is 47.3 Å². The first-order valence-corrected chi connectivity index (χ1v) is 5.17. The van der Waals surface area contributed by atoms with Crippen LogP contribution in [0, 0.1) is 11.2 Å². The molecule has 0 radical (unpaired) electrons. The summed E-state index contributed by atoms with van der Waals surface area (Å²) >= 11 is 5.93. The van der Waals surface area contributed by atoms with Gasteiger partial charge in [0.2, 0.25) is 0 Å². The van der Waals surface area contributed by atoms with Crippen molar-refractivity contribution in [1.29, 1.82) is 0 Å². The van der Waals surface area contributed by atoms with Gasteiger partial charge < -0.3 is 5.73 Å². The number of benzene rings is 1. The summed E-state index contributed by atoms with van der Waals surface area (Å²) in [5.74, 6) is -0.288. The maximum absolute atomic E-state index is 13.5. The molecule has 0 aliphatic rings. The summed E-state index contributed by atoms with van der Waals surface area (Å²) < 4.78 is 13.5. The van der Waals surface area contributed by atoms with Gasteiger partial charge in [0.15, 0.2) is 0 Å². The van der Waals surface area contributed by atoms with Crippen LogP contribution in [0.5, 0.6) is 0 Å². The van der Waals surface area contributed by atoms with Gasteiger partial charge in [-0.25, -0.2) is 4.39 Å². The summed E-state index contributed by atoms with van der Waals surface area (Å²) in [6.07, 6.45) is 2.22. The van der Waals surface area contributed by atoms with Crippen LogP contribution in [0.25, 0.3) is 0 Å². The van der Waals surface area contributed by atoms with E-state index >= 15 is 0 Å². The lowest BCUT2D eigenvalue weighted by Gasteiger charge is -2.24. The van der Waals surface area contributed by atoms with Gasteiger partial charge in [0.25, 0.3) is 0 Å². The SMILES string of the molecule is C=CC(C)(CN)Cc1c(F)cccc1Cl. The molecule has 0 saturated heterocycles. The average molecular weight is 228 g/mol. The van der Waals surface area contributed by atoms with Gasteiger partial charge in [-0.3, -0.25) is 0 Å². The van der Waals surface area contributed by atoms with Crippen LogP contribution in [0.15, 0.2) is 30.9 Å². The Kier molecular flexibility index (Phi) is 3.89. The Labute approximate surface area is 94.7 Å². The van der Waals surface area contributed by atoms with Crippen molar-refractivity contribution in [3.63, 3.8) is 0 Å². The van der Waals surface area contributed by atoms with Crippen LogP contribution in [-0.4, -0.2) is 6.54 Å². The lowest BCUT2D eigenvalue weighted by atomic mass is 9.84. The van der Waals surface area contributed by atoms with Crippen LogP contribution >= 0.6 is 11.6 Å². The molecule has 0 spiro atoms. The van der Waals surface area contributed by atoms with E-state index in [2.05, 4.69) is 6.58 Å². The molecule has 3 heteroatoms. The minimum absolute atomic E-state index is 0.288. The maximum Gasteiger partial charge on any atom is 0.127 e. The number of hydrogen-bond acceptors (Lipinski definition) is 1. The Bertz CT molecular complexity index is 344. The van der Waals surface area contributed by atoms with Gasteiger partial charge in [0.05, 0.1) is 0 Å². The number of hydrogen-bond donors (Lipinski definition) is 1. The zero-order valence-electron chi connectivity index (χ0n) is 8.76. The smallest absolute Gasteiger partial charge is 0.127 e. The van der Waals surface area contributed by atoms with E-state index < -0.39 is 0 Å². The van der Waals surface area contributed by atoms with Crippen LogP contribution in [0.1, 0.15) is 12.5 Å². The van der Waals surface area contributed by atoms with Gasteiger partial charge in [-0.1, -0.05) is 30.7 Å². The molecule has 0 aromatic heterocycles. The second kappa shape index (κ2) is 4.77. The standard InChI is InChI=1S/C12H15ClFN/c1-3-12(2,8-15)7-9-10(13)5-4-6-11(9)14/h3-6H,1,7-8,15H2,2H3. The first-order chi connectivity index (χ1) is 7.02. The Morgan fingerprint density at radius 2 is 2.27 bits per heavy atom. The third kappa shape index (κ3) is 2.80.